The zero-order valence-electron chi connectivity index (χ0n) is 17.7. The predicted octanol–water partition coefficient (Wildman–Crippen LogP) is 5.40. The van der Waals surface area contributed by atoms with Gasteiger partial charge in [-0.25, -0.2) is 9.37 Å². The number of hydrogen-bond donors (Lipinski definition) is 2. The molecule has 0 saturated heterocycles. The third kappa shape index (κ3) is 3.46. The summed E-state index contributed by atoms with van der Waals surface area (Å²) in [6.45, 7) is 0. The molecule has 0 saturated carbocycles. The van der Waals surface area contributed by atoms with Gasteiger partial charge in [0.15, 0.2) is 5.65 Å². The van der Waals surface area contributed by atoms with Gasteiger partial charge in [-0.05, 0) is 37.0 Å². The third-order valence-corrected chi connectivity index (χ3v) is 6.23. The molecule has 0 fully saturated rings. The number of H-pyrrole nitrogens is 1. The van der Waals surface area contributed by atoms with Crippen LogP contribution >= 0.6 is 0 Å². The van der Waals surface area contributed by atoms with Crippen LogP contribution < -0.4 is 5.32 Å². The van der Waals surface area contributed by atoms with Gasteiger partial charge in [0.1, 0.15) is 17.2 Å². The van der Waals surface area contributed by atoms with Crippen molar-refractivity contribution in [2.75, 3.05) is 5.32 Å². The number of hydrogen-bond acceptors (Lipinski definition) is 4. The average molecular weight is 466 g/mol. The summed E-state index contributed by atoms with van der Waals surface area (Å²) < 4.78 is 55.8. The molecule has 5 aromatic rings. The molecule has 1 unspecified atom stereocenters. The van der Waals surface area contributed by atoms with Gasteiger partial charge in [0.25, 0.3) is 0 Å². The minimum Gasteiger partial charge on any atom is -0.367 e. The molecule has 6 rings (SSSR count). The van der Waals surface area contributed by atoms with Crippen LogP contribution in [-0.4, -0.2) is 30.6 Å². The van der Waals surface area contributed by atoms with E-state index in [1.54, 1.807) is 6.07 Å². The molecule has 1 aliphatic carbocycles. The fourth-order valence-electron chi connectivity index (χ4n) is 4.67. The fraction of sp³-hybridized carbons (Fsp3) is 0.208. The van der Waals surface area contributed by atoms with Crippen LogP contribution in [0.1, 0.15) is 23.2 Å². The lowest BCUT2D eigenvalue weighted by Gasteiger charge is -2.25. The summed E-state index contributed by atoms with van der Waals surface area (Å²) in [6, 6.07) is 10.8. The first-order valence-corrected chi connectivity index (χ1v) is 10.8. The molecule has 0 spiro atoms. The monoisotopic (exact) mass is 466 g/mol. The van der Waals surface area contributed by atoms with Gasteiger partial charge in [-0.15, -0.1) is 0 Å². The lowest BCUT2D eigenvalue weighted by molar-refractivity contribution is -0.136. The Balaban J connectivity index is 1.43. The first kappa shape index (κ1) is 20.6. The van der Waals surface area contributed by atoms with Gasteiger partial charge >= 0.3 is 6.18 Å². The van der Waals surface area contributed by atoms with E-state index in [1.165, 1.54) is 23.5 Å². The largest absolute Gasteiger partial charge is 0.421 e. The summed E-state index contributed by atoms with van der Waals surface area (Å²) in [7, 11) is 0. The van der Waals surface area contributed by atoms with Crippen LogP contribution in [0.4, 0.5) is 23.4 Å². The Morgan fingerprint density at radius 2 is 1.94 bits per heavy atom. The van der Waals surface area contributed by atoms with Gasteiger partial charge in [0, 0.05) is 40.5 Å². The smallest absolute Gasteiger partial charge is 0.367 e. The second kappa shape index (κ2) is 7.54. The zero-order valence-corrected chi connectivity index (χ0v) is 17.7. The Kier molecular flexibility index (Phi) is 4.58. The van der Waals surface area contributed by atoms with Crippen molar-refractivity contribution in [2.24, 2.45) is 0 Å². The topological polar surface area (TPSA) is 70.9 Å². The van der Waals surface area contributed by atoms with Crippen LogP contribution in [0.5, 0.6) is 0 Å². The molecule has 1 atom stereocenters. The second-order valence-corrected chi connectivity index (χ2v) is 8.42. The van der Waals surface area contributed by atoms with Crippen molar-refractivity contribution >= 4 is 22.4 Å². The number of pyridine rings is 1. The van der Waals surface area contributed by atoms with E-state index in [9.17, 15) is 17.6 Å². The molecule has 4 aromatic heterocycles. The molecule has 1 aliphatic rings. The number of para-hydroxylation sites is 1. The van der Waals surface area contributed by atoms with Crippen LogP contribution in [0, 0.1) is 5.82 Å². The highest BCUT2D eigenvalue weighted by Gasteiger charge is 2.36. The number of alkyl halides is 3. The molecule has 2 N–H and O–H groups in total. The molecular formula is C24H18F4N6. The lowest BCUT2D eigenvalue weighted by Crippen LogP contribution is -2.28. The summed E-state index contributed by atoms with van der Waals surface area (Å²) in [4.78, 5) is 11.4. The molecular weight excluding hydrogens is 448 g/mol. The van der Waals surface area contributed by atoms with E-state index in [0.717, 1.165) is 40.7 Å². The molecule has 0 bridgehead atoms. The third-order valence-electron chi connectivity index (χ3n) is 6.23. The Bertz CT molecular complexity index is 1530. The Morgan fingerprint density at radius 3 is 2.76 bits per heavy atom. The van der Waals surface area contributed by atoms with Crippen LogP contribution in [0.25, 0.3) is 27.8 Å². The van der Waals surface area contributed by atoms with E-state index in [2.05, 4.69) is 31.4 Å². The number of aromatic amines is 1. The number of benzene rings is 1. The Hall–Kier alpha value is -3.95. The van der Waals surface area contributed by atoms with Gasteiger partial charge in [-0.2, -0.15) is 22.8 Å². The van der Waals surface area contributed by atoms with Crippen LogP contribution in [-0.2, 0) is 19.0 Å². The van der Waals surface area contributed by atoms with E-state index in [4.69, 9.17) is 0 Å². The number of anilines is 1. The van der Waals surface area contributed by atoms with Crippen molar-refractivity contribution in [3.8, 4) is 11.3 Å². The van der Waals surface area contributed by atoms with Gasteiger partial charge < -0.3 is 10.3 Å². The Morgan fingerprint density at radius 1 is 1.09 bits per heavy atom. The van der Waals surface area contributed by atoms with E-state index < -0.39 is 17.6 Å². The van der Waals surface area contributed by atoms with E-state index >= 15 is 0 Å². The first-order valence-electron chi connectivity index (χ1n) is 10.8. The maximum absolute atomic E-state index is 13.8. The number of aromatic nitrogens is 5. The highest BCUT2D eigenvalue weighted by atomic mass is 19.4. The fourth-order valence-corrected chi connectivity index (χ4v) is 4.67. The van der Waals surface area contributed by atoms with Gasteiger partial charge in [-0.3, -0.25) is 4.98 Å². The highest BCUT2D eigenvalue weighted by Crippen LogP contribution is 2.35. The van der Waals surface area contributed by atoms with E-state index in [-0.39, 0.29) is 22.9 Å². The molecule has 0 aliphatic heterocycles. The van der Waals surface area contributed by atoms with Crippen molar-refractivity contribution in [3.63, 3.8) is 0 Å². The minimum atomic E-state index is -4.63. The molecule has 6 nitrogen and oxygen atoms in total. The van der Waals surface area contributed by atoms with Crippen molar-refractivity contribution in [1.82, 2.24) is 24.6 Å². The number of nitrogens with zero attached hydrogens (tertiary/aromatic N) is 4. The summed E-state index contributed by atoms with van der Waals surface area (Å²) in [5, 5.41) is 8.48. The van der Waals surface area contributed by atoms with Crippen molar-refractivity contribution < 1.29 is 17.6 Å². The second-order valence-electron chi connectivity index (χ2n) is 8.42. The normalized spacial score (nSPS) is 16.2. The number of aryl methyl sites for hydroxylation is 1. The first-order chi connectivity index (χ1) is 16.4. The van der Waals surface area contributed by atoms with E-state index in [1.807, 2.05) is 18.2 Å². The zero-order chi connectivity index (χ0) is 23.4. The molecule has 4 heterocycles. The van der Waals surface area contributed by atoms with Crippen LogP contribution in [0.2, 0.25) is 0 Å². The lowest BCUT2D eigenvalue weighted by atomic mass is 9.91. The van der Waals surface area contributed by atoms with E-state index in [0.29, 0.717) is 12.2 Å². The minimum absolute atomic E-state index is 0.0330. The van der Waals surface area contributed by atoms with Gasteiger partial charge in [-0.1, -0.05) is 18.2 Å². The summed E-state index contributed by atoms with van der Waals surface area (Å²) in [5.74, 6) is -0.245. The van der Waals surface area contributed by atoms with Crippen molar-refractivity contribution in [2.45, 2.75) is 31.5 Å². The summed E-state index contributed by atoms with van der Waals surface area (Å²) in [6.07, 6.45) is 0.829. The predicted molar refractivity (Wildman–Crippen MR) is 119 cm³/mol. The van der Waals surface area contributed by atoms with Gasteiger partial charge in [0.05, 0.1) is 18.1 Å². The molecule has 0 radical (unpaired) electrons. The molecule has 10 heteroatoms. The SMILES string of the molecule is Fc1cncc(-c2cc(NC3CCc4[nH]c5ccccc5c4C3)n3ncc(C(F)(F)F)c3n2)c1. The van der Waals surface area contributed by atoms with Gasteiger partial charge in [0.2, 0.25) is 0 Å². The molecule has 1 aromatic carbocycles. The van der Waals surface area contributed by atoms with Crippen molar-refractivity contribution in [3.05, 3.63) is 77.6 Å². The Labute approximate surface area is 190 Å². The van der Waals surface area contributed by atoms with Crippen LogP contribution in [0.3, 0.4) is 0 Å². The van der Waals surface area contributed by atoms with Crippen molar-refractivity contribution in [1.29, 1.82) is 0 Å². The average Bonchev–Trinajstić information content (AvgIpc) is 3.41. The molecule has 0 amide bonds. The number of rotatable bonds is 3. The molecule has 34 heavy (non-hydrogen) atoms. The highest BCUT2D eigenvalue weighted by molar-refractivity contribution is 5.85. The maximum Gasteiger partial charge on any atom is 0.421 e. The molecule has 172 valence electrons. The number of nitrogens with one attached hydrogen (secondary N) is 2. The number of fused-ring (bicyclic) bond motifs is 4. The summed E-state index contributed by atoms with van der Waals surface area (Å²) >= 11 is 0. The quantitative estimate of drug-likeness (QED) is 0.350. The van der Waals surface area contributed by atoms with Crippen LogP contribution in [0.15, 0.2) is 55.0 Å². The maximum atomic E-state index is 13.8. The summed E-state index contributed by atoms with van der Waals surface area (Å²) in [5.41, 5.74) is 2.62. The number of halogens is 4. The standard InChI is InChI=1S/C24H18F4N6/c25-14-7-13(10-29-11-14)21-9-22(34-23(33-21)18(12-30-34)24(26,27)28)31-15-5-6-20-17(8-15)16-3-1-2-4-19(16)32-20/h1-4,7,9-12,15,31-32H,5-6,8H2.